The van der Waals surface area contributed by atoms with Gasteiger partial charge in [0.25, 0.3) is 0 Å². The maximum absolute atomic E-state index is 11.2. The Kier molecular flexibility index (Phi) is 5.99. The van der Waals surface area contributed by atoms with E-state index in [0.717, 1.165) is 11.1 Å². The Labute approximate surface area is 139 Å². The smallest absolute Gasteiger partial charge is 0.340 e. The van der Waals surface area contributed by atoms with Gasteiger partial charge in [-0.2, -0.15) is 0 Å². The Morgan fingerprint density at radius 3 is 1.79 bits per heavy atom. The Balaban J connectivity index is 1.98. The monoisotopic (exact) mass is 371 g/mol. The van der Waals surface area contributed by atoms with Crippen molar-refractivity contribution in [2.75, 3.05) is 11.9 Å². The summed E-state index contributed by atoms with van der Waals surface area (Å²) in [5.74, 6) is 0. The molecule has 5 N–H and O–H groups in total. The maximum Gasteiger partial charge on any atom is 0.340 e. The van der Waals surface area contributed by atoms with Crippen molar-refractivity contribution in [1.29, 1.82) is 0 Å². The van der Waals surface area contributed by atoms with Crippen LogP contribution in [0.4, 0.5) is 5.69 Å². The van der Waals surface area contributed by atoms with Crippen molar-refractivity contribution < 1.29 is 28.7 Å². The molecule has 2 aromatic rings. The van der Waals surface area contributed by atoms with Crippen molar-refractivity contribution in [2.24, 2.45) is 0 Å². The Hall–Kier alpha value is -1.46. The van der Waals surface area contributed by atoms with E-state index in [-0.39, 0.29) is 13.0 Å². The fourth-order valence-corrected chi connectivity index (χ4v) is 4.79. The minimum atomic E-state index is -4.87. The molecular formula is C15H19NO6P2. The summed E-state index contributed by atoms with van der Waals surface area (Å²) < 4.78 is 22.4. The quantitative estimate of drug-likeness (QED) is 0.474. The average Bonchev–Trinajstić information content (AvgIpc) is 2.50. The molecule has 0 aliphatic rings. The summed E-state index contributed by atoms with van der Waals surface area (Å²) >= 11 is 0. The van der Waals surface area contributed by atoms with E-state index in [2.05, 4.69) is 5.32 Å². The number of hydrogen-bond donors (Lipinski definition) is 5. The lowest BCUT2D eigenvalue weighted by Crippen LogP contribution is -2.15. The molecule has 0 aliphatic heterocycles. The lowest BCUT2D eigenvalue weighted by molar-refractivity contribution is 0.336. The van der Waals surface area contributed by atoms with Crippen molar-refractivity contribution in [1.82, 2.24) is 0 Å². The third-order valence-corrected chi connectivity index (χ3v) is 7.37. The van der Waals surface area contributed by atoms with Crippen LogP contribution in [0.25, 0.3) is 11.1 Å². The molecule has 0 unspecified atom stereocenters. The molecule has 24 heavy (non-hydrogen) atoms. The molecule has 0 bridgehead atoms. The molecule has 2 aromatic carbocycles. The first-order valence-electron chi connectivity index (χ1n) is 7.18. The standard InChI is InChI=1S/C15H19NO6P2/c17-23(18,19)15(24(20,21)22)10-11-16-14-8-6-13(7-9-14)12-4-2-1-3-5-12/h1-9,15-16H,10-11H2,(H2,17,18,19)(H2,20,21,22). The summed E-state index contributed by atoms with van der Waals surface area (Å²) in [6.07, 6.45) is -0.338. The van der Waals surface area contributed by atoms with E-state index in [9.17, 15) is 9.13 Å². The van der Waals surface area contributed by atoms with Crippen LogP contribution in [0.3, 0.4) is 0 Å². The van der Waals surface area contributed by atoms with Gasteiger partial charge in [0.15, 0.2) is 5.40 Å². The second kappa shape index (κ2) is 7.62. The van der Waals surface area contributed by atoms with Crippen LogP contribution in [-0.4, -0.2) is 31.5 Å². The molecule has 0 radical (unpaired) electrons. The first kappa shape index (κ1) is 18.9. The first-order chi connectivity index (χ1) is 11.2. The van der Waals surface area contributed by atoms with Gasteiger partial charge in [0, 0.05) is 12.2 Å². The van der Waals surface area contributed by atoms with Crippen LogP contribution < -0.4 is 5.32 Å². The Morgan fingerprint density at radius 2 is 1.29 bits per heavy atom. The highest BCUT2D eigenvalue weighted by molar-refractivity contribution is 7.70. The molecule has 0 aliphatic carbocycles. The third kappa shape index (κ3) is 5.28. The second-order valence-electron chi connectivity index (χ2n) is 5.32. The summed E-state index contributed by atoms with van der Waals surface area (Å²) in [5.41, 5.74) is 2.78. The van der Waals surface area contributed by atoms with Gasteiger partial charge in [-0.15, -0.1) is 0 Å². The summed E-state index contributed by atoms with van der Waals surface area (Å²) in [6.45, 7) is 0.0333. The van der Waals surface area contributed by atoms with E-state index >= 15 is 0 Å². The fourth-order valence-electron chi connectivity index (χ4n) is 2.29. The third-order valence-electron chi connectivity index (χ3n) is 3.50. The van der Waals surface area contributed by atoms with Crippen molar-refractivity contribution in [2.45, 2.75) is 11.8 Å². The molecule has 0 fully saturated rings. The van der Waals surface area contributed by atoms with Crippen molar-refractivity contribution in [3.05, 3.63) is 54.6 Å². The lowest BCUT2D eigenvalue weighted by atomic mass is 10.1. The van der Waals surface area contributed by atoms with Crippen molar-refractivity contribution in [3.63, 3.8) is 0 Å². The normalized spacial score (nSPS) is 12.4. The highest BCUT2D eigenvalue weighted by Crippen LogP contribution is 2.61. The Morgan fingerprint density at radius 1 is 0.792 bits per heavy atom. The zero-order chi connectivity index (χ0) is 17.8. The van der Waals surface area contributed by atoms with Gasteiger partial charge < -0.3 is 24.9 Å². The first-order valence-corrected chi connectivity index (χ1v) is 10.5. The topological polar surface area (TPSA) is 127 Å². The van der Waals surface area contributed by atoms with Gasteiger partial charge in [0.2, 0.25) is 0 Å². The SMILES string of the molecule is O=P(O)(O)C(CCNc1ccc(-c2ccccc2)cc1)P(=O)(O)O. The van der Waals surface area contributed by atoms with E-state index in [1.54, 1.807) is 12.1 Å². The average molecular weight is 371 g/mol. The Bertz CT molecular complexity index is 731. The van der Waals surface area contributed by atoms with E-state index in [0.29, 0.717) is 5.69 Å². The molecule has 0 atom stereocenters. The molecule has 7 nitrogen and oxygen atoms in total. The van der Waals surface area contributed by atoms with Crippen molar-refractivity contribution in [3.8, 4) is 11.1 Å². The van der Waals surface area contributed by atoms with Gasteiger partial charge >= 0.3 is 15.2 Å². The van der Waals surface area contributed by atoms with E-state index < -0.39 is 20.6 Å². The zero-order valence-corrected chi connectivity index (χ0v) is 14.5. The van der Waals surface area contributed by atoms with Gasteiger partial charge in [-0.1, -0.05) is 42.5 Å². The molecule has 2 rings (SSSR count). The van der Waals surface area contributed by atoms with Crippen molar-refractivity contribution >= 4 is 20.9 Å². The maximum atomic E-state index is 11.2. The number of hydrogen-bond acceptors (Lipinski definition) is 3. The largest absolute Gasteiger partial charge is 0.385 e. The van der Waals surface area contributed by atoms with Crippen LogP contribution in [-0.2, 0) is 9.13 Å². The summed E-state index contributed by atoms with van der Waals surface area (Å²) in [6, 6.07) is 17.1. The number of nitrogens with one attached hydrogen (secondary N) is 1. The predicted octanol–water partition coefficient (Wildman–Crippen LogP) is 2.84. The molecule has 9 heteroatoms. The predicted molar refractivity (Wildman–Crippen MR) is 92.9 cm³/mol. The molecule has 130 valence electrons. The number of anilines is 1. The van der Waals surface area contributed by atoms with E-state index in [1.807, 2.05) is 42.5 Å². The minimum absolute atomic E-state index is 0.0333. The van der Waals surface area contributed by atoms with E-state index in [4.69, 9.17) is 19.6 Å². The zero-order valence-electron chi connectivity index (χ0n) is 12.7. The van der Waals surface area contributed by atoms with Crippen LogP contribution in [0.15, 0.2) is 54.6 Å². The molecule has 0 saturated carbocycles. The number of rotatable bonds is 7. The highest BCUT2D eigenvalue weighted by atomic mass is 31.2. The van der Waals surface area contributed by atoms with Crippen LogP contribution in [0.1, 0.15) is 6.42 Å². The molecule has 0 heterocycles. The molecular weight excluding hydrogens is 352 g/mol. The summed E-state index contributed by atoms with van der Waals surface area (Å²) in [4.78, 5) is 36.3. The van der Waals surface area contributed by atoms with Crippen LogP contribution in [0, 0.1) is 0 Å². The van der Waals surface area contributed by atoms with Gasteiger partial charge in [-0.05, 0) is 29.7 Å². The summed E-state index contributed by atoms with van der Waals surface area (Å²) in [7, 11) is -9.74. The fraction of sp³-hybridized carbons (Fsp3) is 0.200. The van der Waals surface area contributed by atoms with Crippen LogP contribution in [0.2, 0.25) is 0 Å². The summed E-state index contributed by atoms with van der Waals surface area (Å²) in [5, 5.41) is 0.926. The highest BCUT2D eigenvalue weighted by Gasteiger charge is 2.42. The lowest BCUT2D eigenvalue weighted by Gasteiger charge is -2.19. The van der Waals surface area contributed by atoms with Crippen LogP contribution in [0.5, 0.6) is 0 Å². The van der Waals surface area contributed by atoms with Gasteiger partial charge in [0.1, 0.15) is 0 Å². The van der Waals surface area contributed by atoms with Gasteiger partial charge in [-0.3, -0.25) is 9.13 Å². The molecule has 0 spiro atoms. The van der Waals surface area contributed by atoms with Crippen LogP contribution >= 0.6 is 15.2 Å². The second-order valence-corrected chi connectivity index (χ2v) is 9.33. The number of benzene rings is 2. The van der Waals surface area contributed by atoms with Gasteiger partial charge in [-0.25, -0.2) is 0 Å². The molecule has 0 amide bonds. The van der Waals surface area contributed by atoms with E-state index in [1.165, 1.54) is 0 Å². The molecule has 0 aromatic heterocycles. The molecule has 0 saturated heterocycles. The minimum Gasteiger partial charge on any atom is -0.385 e. The van der Waals surface area contributed by atoms with Gasteiger partial charge in [0.05, 0.1) is 0 Å².